The molecule has 4 rings (SSSR count). The van der Waals surface area contributed by atoms with Crippen molar-refractivity contribution in [2.75, 3.05) is 25.4 Å². The number of carboxylic acid groups (broad SMARTS) is 1. The number of carbonyl (C=O) groups is 2. The Balaban J connectivity index is 0.000000429. The third-order valence-corrected chi connectivity index (χ3v) is 8.15. The summed E-state index contributed by atoms with van der Waals surface area (Å²) < 4.78 is 61.8. The van der Waals surface area contributed by atoms with Gasteiger partial charge in [-0.2, -0.15) is 18.3 Å². The van der Waals surface area contributed by atoms with Crippen molar-refractivity contribution in [1.29, 1.82) is 0 Å². The molecule has 2 aromatic heterocycles. The smallest absolute Gasteiger partial charge is 0.475 e. The van der Waals surface area contributed by atoms with Gasteiger partial charge in [-0.3, -0.25) is 9.48 Å². The summed E-state index contributed by atoms with van der Waals surface area (Å²) in [5.41, 5.74) is 1.40. The van der Waals surface area contributed by atoms with Crippen LogP contribution in [0.4, 0.5) is 13.2 Å². The predicted molar refractivity (Wildman–Crippen MR) is 117 cm³/mol. The lowest BCUT2D eigenvalue weighted by atomic mass is 9.83. The number of hydrogen-bond acceptors (Lipinski definition) is 6. The highest BCUT2D eigenvalue weighted by Crippen LogP contribution is 2.42. The average molecular weight is 521 g/mol. The van der Waals surface area contributed by atoms with Crippen molar-refractivity contribution in [2.24, 2.45) is 7.05 Å². The van der Waals surface area contributed by atoms with Gasteiger partial charge in [0, 0.05) is 51.9 Å². The number of amides is 1. The number of piperidine rings is 1. The van der Waals surface area contributed by atoms with Crippen LogP contribution in [0.2, 0.25) is 0 Å². The van der Waals surface area contributed by atoms with Crippen molar-refractivity contribution in [3.8, 4) is 11.3 Å². The van der Waals surface area contributed by atoms with Crippen molar-refractivity contribution in [1.82, 2.24) is 28.5 Å². The summed E-state index contributed by atoms with van der Waals surface area (Å²) in [4.78, 5) is 27.9. The number of imidazole rings is 1. The zero-order valence-electron chi connectivity index (χ0n) is 19.5. The number of carboxylic acids is 1. The van der Waals surface area contributed by atoms with Gasteiger partial charge in [-0.1, -0.05) is 0 Å². The lowest BCUT2D eigenvalue weighted by Gasteiger charge is -2.50. The largest absolute Gasteiger partial charge is 0.490 e. The molecule has 1 amide bonds. The number of hydrogen-bond donors (Lipinski definition) is 1. The second-order valence-electron chi connectivity index (χ2n) is 8.33. The van der Waals surface area contributed by atoms with Crippen molar-refractivity contribution in [2.45, 2.75) is 44.9 Å². The highest BCUT2D eigenvalue weighted by Gasteiger charge is 2.49. The molecule has 0 bridgehead atoms. The van der Waals surface area contributed by atoms with Crippen LogP contribution in [0.3, 0.4) is 0 Å². The van der Waals surface area contributed by atoms with E-state index in [1.54, 1.807) is 22.8 Å². The number of carbonyl (C=O) groups excluding carboxylic acids is 1. The molecule has 15 heteroatoms. The molecule has 2 aromatic rings. The molecule has 1 fully saturated rings. The first-order valence-corrected chi connectivity index (χ1v) is 12.4. The molecular weight excluding hydrogens is 493 g/mol. The van der Waals surface area contributed by atoms with Gasteiger partial charge in [0.25, 0.3) is 0 Å². The number of sulfonamides is 1. The van der Waals surface area contributed by atoms with Gasteiger partial charge in [0.2, 0.25) is 15.9 Å². The number of aromatic nitrogens is 4. The van der Waals surface area contributed by atoms with Crippen LogP contribution in [0.15, 0.2) is 18.6 Å². The van der Waals surface area contributed by atoms with Gasteiger partial charge in [0.05, 0.1) is 23.8 Å². The lowest BCUT2D eigenvalue weighted by Crippen LogP contribution is -2.59. The molecule has 2 aliphatic rings. The van der Waals surface area contributed by atoms with E-state index in [4.69, 9.17) is 14.9 Å². The number of nitrogens with zero attached hydrogens (tertiary/aromatic N) is 6. The molecule has 0 unspecified atom stereocenters. The molecule has 1 N–H and O–H groups in total. The standard InChI is InChI=1S/C18H26N6O3S.C2HF3O2/c1-4-28(26,27)22-7-5-18(6-8-22)17-19-12-16(15-11-20-21(3)13-15)23(17)9-10-24(18)14(2)25;3-2(4,5)1(6)7/h11-13H,4-10H2,1-3H3;(H,6,7). The fourth-order valence-corrected chi connectivity index (χ4v) is 5.67. The summed E-state index contributed by atoms with van der Waals surface area (Å²) in [6.45, 7) is 5.29. The van der Waals surface area contributed by atoms with E-state index in [-0.39, 0.29) is 11.7 Å². The first-order chi connectivity index (χ1) is 16.2. The van der Waals surface area contributed by atoms with Gasteiger partial charge in [-0.15, -0.1) is 0 Å². The van der Waals surface area contributed by atoms with Crippen LogP contribution in [0, 0.1) is 0 Å². The Bertz CT molecular complexity index is 1200. The number of alkyl halides is 3. The fourth-order valence-electron chi connectivity index (χ4n) is 4.56. The minimum absolute atomic E-state index is 0.00368. The van der Waals surface area contributed by atoms with Gasteiger partial charge in [-0.05, 0) is 19.8 Å². The van der Waals surface area contributed by atoms with Gasteiger partial charge < -0.3 is 14.6 Å². The monoisotopic (exact) mass is 520 g/mol. The lowest BCUT2D eigenvalue weighted by molar-refractivity contribution is -0.192. The molecule has 0 aliphatic carbocycles. The van der Waals surface area contributed by atoms with E-state index in [1.165, 1.54) is 0 Å². The minimum atomic E-state index is -5.08. The Hall–Kier alpha value is -2.94. The molecule has 1 spiro atoms. The quantitative estimate of drug-likeness (QED) is 0.648. The molecule has 0 atom stereocenters. The normalized spacial score (nSPS) is 18.1. The Kier molecular flexibility index (Phi) is 7.32. The van der Waals surface area contributed by atoms with E-state index in [1.807, 2.05) is 30.5 Å². The second kappa shape index (κ2) is 9.60. The highest BCUT2D eigenvalue weighted by atomic mass is 32.2. The average Bonchev–Trinajstić information content (AvgIpc) is 3.40. The first-order valence-electron chi connectivity index (χ1n) is 10.8. The highest BCUT2D eigenvalue weighted by molar-refractivity contribution is 7.89. The molecule has 2 aliphatic heterocycles. The van der Waals surface area contributed by atoms with Gasteiger partial charge in [-0.25, -0.2) is 22.5 Å². The van der Waals surface area contributed by atoms with Crippen LogP contribution in [-0.4, -0.2) is 85.5 Å². The summed E-state index contributed by atoms with van der Waals surface area (Å²) >= 11 is 0. The maximum Gasteiger partial charge on any atom is 0.490 e. The van der Waals surface area contributed by atoms with Crippen molar-refractivity contribution >= 4 is 21.9 Å². The first kappa shape index (κ1) is 26.7. The fraction of sp³-hybridized carbons (Fsp3) is 0.600. The zero-order valence-corrected chi connectivity index (χ0v) is 20.3. The van der Waals surface area contributed by atoms with Crippen molar-refractivity contribution in [3.05, 3.63) is 24.4 Å². The summed E-state index contributed by atoms with van der Waals surface area (Å²) in [7, 11) is -1.36. The Morgan fingerprint density at radius 3 is 2.20 bits per heavy atom. The zero-order chi connectivity index (χ0) is 26.2. The number of halogens is 3. The van der Waals surface area contributed by atoms with E-state index in [0.717, 1.165) is 17.1 Å². The molecule has 4 heterocycles. The van der Waals surface area contributed by atoms with Crippen LogP contribution in [0.25, 0.3) is 11.3 Å². The number of fused-ring (bicyclic) bond motifs is 2. The Morgan fingerprint density at radius 1 is 1.14 bits per heavy atom. The Morgan fingerprint density at radius 2 is 1.74 bits per heavy atom. The number of aryl methyl sites for hydroxylation is 1. The summed E-state index contributed by atoms with van der Waals surface area (Å²) in [5, 5.41) is 11.4. The predicted octanol–water partition coefficient (Wildman–Crippen LogP) is 1.42. The van der Waals surface area contributed by atoms with E-state index < -0.39 is 27.7 Å². The molecule has 11 nitrogen and oxygen atoms in total. The maximum atomic E-state index is 12.4. The molecule has 0 radical (unpaired) electrons. The maximum absolute atomic E-state index is 12.4. The third-order valence-electron chi connectivity index (χ3n) is 6.27. The topological polar surface area (TPSA) is 131 Å². The van der Waals surface area contributed by atoms with E-state index >= 15 is 0 Å². The number of aliphatic carboxylic acids is 1. The second-order valence-corrected chi connectivity index (χ2v) is 10.6. The minimum Gasteiger partial charge on any atom is -0.475 e. The van der Waals surface area contributed by atoms with Gasteiger partial charge in [0.15, 0.2) is 0 Å². The molecule has 0 saturated carbocycles. The Labute approximate surface area is 200 Å². The van der Waals surface area contributed by atoms with Crippen LogP contribution < -0.4 is 0 Å². The molecule has 194 valence electrons. The molecular formula is C20H27F3N6O5S. The molecule has 1 saturated heterocycles. The molecule has 35 heavy (non-hydrogen) atoms. The third kappa shape index (κ3) is 5.19. The van der Waals surface area contributed by atoms with Crippen LogP contribution in [0.5, 0.6) is 0 Å². The molecule has 0 aromatic carbocycles. The summed E-state index contributed by atoms with van der Waals surface area (Å²) in [5.74, 6) is -1.81. The van der Waals surface area contributed by atoms with Crippen molar-refractivity contribution in [3.63, 3.8) is 0 Å². The van der Waals surface area contributed by atoms with Crippen LogP contribution in [0.1, 0.15) is 32.5 Å². The van der Waals surface area contributed by atoms with E-state index in [0.29, 0.717) is 39.0 Å². The van der Waals surface area contributed by atoms with Crippen LogP contribution >= 0.6 is 0 Å². The van der Waals surface area contributed by atoms with Gasteiger partial charge in [0.1, 0.15) is 11.4 Å². The van der Waals surface area contributed by atoms with Crippen LogP contribution in [-0.2, 0) is 38.7 Å². The van der Waals surface area contributed by atoms with E-state index in [2.05, 4.69) is 9.67 Å². The summed E-state index contributed by atoms with van der Waals surface area (Å²) in [6, 6.07) is 0. The SMILES string of the molecule is CCS(=O)(=O)N1CCC2(CC1)c1ncc(-c3cnn(C)c3)n1CCN2C(C)=O.O=C(O)C(F)(F)F. The van der Waals surface area contributed by atoms with Gasteiger partial charge >= 0.3 is 12.1 Å². The van der Waals surface area contributed by atoms with Crippen molar-refractivity contribution < 1.29 is 36.3 Å². The number of rotatable bonds is 3. The van der Waals surface area contributed by atoms with E-state index in [9.17, 15) is 26.4 Å². The summed E-state index contributed by atoms with van der Waals surface area (Å²) in [6.07, 6.45) is 1.62.